The molecule has 0 spiro atoms. The molecule has 0 saturated heterocycles. The molecule has 0 aliphatic carbocycles. The fraction of sp³-hybridized carbons (Fsp3) is 0.0714. The van der Waals surface area contributed by atoms with E-state index in [0.717, 1.165) is 17.0 Å². The van der Waals surface area contributed by atoms with Crippen LogP contribution in [-0.2, 0) is 16.6 Å². The summed E-state index contributed by atoms with van der Waals surface area (Å²) in [6.45, 7) is -0.0183. The van der Waals surface area contributed by atoms with E-state index in [1.54, 1.807) is 24.4 Å². The highest BCUT2D eigenvalue weighted by Gasteiger charge is 2.37. The molecule has 2 amide bonds. The van der Waals surface area contributed by atoms with Gasteiger partial charge in [-0.05, 0) is 24.3 Å². The second-order valence-electron chi connectivity index (χ2n) is 4.89. The molecule has 2 aromatic rings. The van der Waals surface area contributed by atoms with E-state index in [2.05, 4.69) is 4.98 Å². The summed E-state index contributed by atoms with van der Waals surface area (Å²) >= 11 is 5.86. The van der Waals surface area contributed by atoms with E-state index < -0.39 is 26.7 Å². The summed E-state index contributed by atoms with van der Waals surface area (Å²) in [6, 6.07) is 7.30. The zero-order valence-electron chi connectivity index (χ0n) is 11.6. The number of carbonyl (C=O) groups excluding carboxylic acids is 2. The fourth-order valence-electron chi connectivity index (χ4n) is 2.31. The van der Waals surface area contributed by atoms with Crippen LogP contribution in [0.3, 0.4) is 0 Å². The Bertz CT molecular complexity index is 929. The minimum Gasteiger partial charge on any atom is -0.269 e. The lowest BCUT2D eigenvalue weighted by atomic mass is 10.1. The van der Waals surface area contributed by atoms with Crippen molar-refractivity contribution in [2.75, 3.05) is 0 Å². The first kappa shape index (κ1) is 15.6. The van der Waals surface area contributed by atoms with Crippen LogP contribution in [-0.4, -0.2) is 30.1 Å². The number of pyridine rings is 1. The number of nitrogens with zero attached hydrogens (tertiary/aromatic N) is 2. The number of sulfonamides is 1. The van der Waals surface area contributed by atoms with E-state index in [0.29, 0.717) is 5.69 Å². The Morgan fingerprint density at radius 1 is 1.13 bits per heavy atom. The smallest absolute Gasteiger partial charge is 0.261 e. The van der Waals surface area contributed by atoms with E-state index in [1.807, 2.05) is 0 Å². The number of rotatable bonds is 3. The predicted molar refractivity (Wildman–Crippen MR) is 81.3 cm³/mol. The van der Waals surface area contributed by atoms with Gasteiger partial charge in [0.1, 0.15) is 4.90 Å². The van der Waals surface area contributed by atoms with Crippen LogP contribution in [0.5, 0.6) is 0 Å². The van der Waals surface area contributed by atoms with Crippen LogP contribution in [0, 0.1) is 0 Å². The van der Waals surface area contributed by atoms with Crippen molar-refractivity contribution in [3.05, 3.63) is 58.4 Å². The van der Waals surface area contributed by atoms with Crippen LogP contribution in [0.2, 0.25) is 5.02 Å². The van der Waals surface area contributed by atoms with Crippen molar-refractivity contribution in [3.8, 4) is 0 Å². The number of nitrogens with two attached hydrogens (primary N) is 1. The first-order chi connectivity index (χ1) is 10.8. The van der Waals surface area contributed by atoms with Crippen LogP contribution in [0.1, 0.15) is 26.4 Å². The lowest BCUT2D eigenvalue weighted by Crippen LogP contribution is -2.29. The molecule has 0 fully saturated rings. The molecule has 1 aliphatic heterocycles. The molecule has 118 valence electrons. The minimum atomic E-state index is -4.10. The fourth-order valence-corrected chi connectivity index (χ4v) is 3.40. The Balaban J connectivity index is 2.04. The molecule has 0 radical (unpaired) electrons. The molecule has 0 atom stereocenters. The van der Waals surface area contributed by atoms with Crippen LogP contribution in [0.25, 0.3) is 0 Å². The van der Waals surface area contributed by atoms with Crippen molar-refractivity contribution in [3.63, 3.8) is 0 Å². The molecular formula is C14H10ClN3O4S. The molecule has 0 saturated carbocycles. The second-order valence-corrected chi connectivity index (χ2v) is 6.83. The molecule has 1 aromatic heterocycles. The van der Waals surface area contributed by atoms with Gasteiger partial charge in [-0.25, -0.2) is 13.6 Å². The summed E-state index contributed by atoms with van der Waals surface area (Å²) in [4.78, 5) is 29.4. The molecule has 2 heterocycles. The molecule has 1 aliphatic rings. The Morgan fingerprint density at radius 3 is 2.35 bits per heavy atom. The quantitative estimate of drug-likeness (QED) is 0.835. The third kappa shape index (κ3) is 2.72. The van der Waals surface area contributed by atoms with Gasteiger partial charge >= 0.3 is 0 Å². The summed E-state index contributed by atoms with van der Waals surface area (Å²) in [7, 11) is -4.10. The average molecular weight is 352 g/mol. The molecular weight excluding hydrogens is 342 g/mol. The van der Waals surface area contributed by atoms with E-state index in [-0.39, 0.29) is 22.7 Å². The maximum Gasteiger partial charge on any atom is 0.261 e. The van der Waals surface area contributed by atoms with Gasteiger partial charge in [0.15, 0.2) is 0 Å². The summed E-state index contributed by atoms with van der Waals surface area (Å²) in [5.74, 6) is -1.17. The van der Waals surface area contributed by atoms with Gasteiger partial charge < -0.3 is 0 Å². The molecule has 7 nitrogen and oxygen atoms in total. The van der Waals surface area contributed by atoms with Crippen molar-refractivity contribution in [2.45, 2.75) is 11.4 Å². The summed E-state index contributed by atoms with van der Waals surface area (Å²) in [6.07, 6.45) is 1.55. The highest BCUT2D eigenvalue weighted by Crippen LogP contribution is 2.31. The zero-order valence-corrected chi connectivity index (χ0v) is 13.1. The van der Waals surface area contributed by atoms with Gasteiger partial charge in [-0.15, -0.1) is 0 Å². The number of benzene rings is 1. The van der Waals surface area contributed by atoms with Gasteiger partial charge in [-0.1, -0.05) is 17.7 Å². The van der Waals surface area contributed by atoms with E-state index >= 15 is 0 Å². The maximum atomic E-state index is 12.4. The molecule has 1 aromatic carbocycles. The molecule has 0 unspecified atom stereocenters. The van der Waals surface area contributed by atoms with Gasteiger partial charge in [-0.3, -0.25) is 19.5 Å². The lowest BCUT2D eigenvalue weighted by Gasteiger charge is -2.12. The van der Waals surface area contributed by atoms with Crippen LogP contribution >= 0.6 is 11.6 Å². The number of hydrogen-bond acceptors (Lipinski definition) is 5. The summed E-state index contributed by atoms with van der Waals surface area (Å²) < 4.78 is 23.0. The number of primary sulfonamides is 1. The number of amides is 2. The molecule has 0 bridgehead atoms. The van der Waals surface area contributed by atoms with Crippen molar-refractivity contribution < 1.29 is 18.0 Å². The Hall–Kier alpha value is -2.29. The third-order valence-corrected chi connectivity index (χ3v) is 4.75. The van der Waals surface area contributed by atoms with Gasteiger partial charge in [0.25, 0.3) is 11.8 Å². The van der Waals surface area contributed by atoms with Crippen LogP contribution in [0.15, 0.2) is 41.4 Å². The van der Waals surface area contributed by atoms with E-state index in [9.17, 15) is 18.0 Å². The maximum absolute atomic E-state index is 12.4. The predicted octanol–water partition coefficient (Wildman–Crippen LogP) is 1.18. The van der Waals surface area contributed by atoms with Crippen molar-refractivity contribution in [1.82, 2.24) is 9.88 Å². The Kier molecular flexibility index (Phi) is 3.67. The van der Waals surface area contributed by atoms with Gasteiger partial charge in [-0.2, -0.15) is 0 Å². The second kappa shape index (κ2) is 5.41. The lowest BCUT2D eigenvalue weighted by molar-refractivity contribution is 0.0640. The number of imide groups is 1. The monoisotopic (exact) mass is 351 g/mol. The van der Waals surface area contributed by atoms with Crippen LogP contribution < -0.4 is 5.14 Å². The normalized spacial score (nSPS) is 14.3. The van der Waals surface area contributed by atoms with E-state index in [4.69, 9.17) is 16.7 Å². The number of aromatic nitrogens is 1. The van der Waals surface area contributed by atoms with Crippen molar-refractivity contribution in [1.29, 1.82) is 0 Å². The molecule has 2 N–H and O–H groups in total. The first-order valence-corrected chi connectivity index (χ1v) is 8.34. The van der Waals surface area contributed by atoms with Crippen molar-refractivity contribution >= 4 is 33.4 Å². The average Bonchev–Trinajstić information content (AvgIpc) is 2.71. The Morgan fingerprint density at radius 2 is 1.78 bits per heavy atom. The first-order valence-electron chi connectivity index (χ1n) is 6.41. The SMILES string of the molecule is NS(=O)(=O)c1cc2c(cc1Cl)C(=O)N(Cc1ccccn1)C2=O. The van der Waals surface area contributed by atoms with Gasteiger partial charge in [0.05, 0.1) is 28.4 Å². The summed E-state index contributed by atoms with van der Waals surface area (Å²) in [5, 5.41) is 4.86. The summed E-state index contributed by atoms with van der Waals surface area (Å²) in [5.41, 5.74) is 0.530. The van der Waals surface area contributed by atoms with Gasteiger partial charge in [0.2, 0.25) is 10.0 Å². The highest BCUT2D eigenvalue weighted by molar-refractivity contribution is 7.89. The molecule has 9 heteroatoms. The van der Waals surface area contributed by atoms with Gasteiger partial charge in [0, 0.05) is 6.20 Å². The van der Waals surface area contributed by atoms with Crippen molar-refractivity contribution in [2.24, 2.45) is 5.14 Å². The highest BCUT2D eigenvalue weighted by atomic mass is 35.5. The number of halogens is 1. The largest absolute Gasteiger partial charge is 0.269 e. The number of hydrogen-bond donors (Lipinski definition) is 1. The minimum absolute atomic E-state index is 0.0183. The zero-order chi connectivity index (χ0) is 16.8. The third-order valence-electron chi connectivity index (χ3n) is 3.38. The number of carbonyl (C=O) groups is 2. The molecule has 3 rings (SSSR count). The standard InChI is InChI=1S/C14H10ClN3O4S/c15-11-5-9-10(6-12(11)23(16,21)22)14(20)18(13(9)19)7-8-3-1-2-4-17-8/h1-6H,7H2,(H2,16,21,22). The topological polar surface area (TPSA) is 110 Å². The number of fused-ring (bicyclic) bond motifs is 1. The van der Waals surface area contributed by atoms with Crippen LogP contribution in [0.4, 0.5) is 0 Å². The van der Waals surface area contributed by atoms with E-state index in [1.165, 1.54) is 0 Å². The Labute approximate surface area is 136 Å². The molecule has 23 heavy (non-hydrogen) atoms.